The van der Waals surface area contributed by atoms with Crippen LogP contribution in [0.4, 0.5) is 10.5 Å². The summed E-state index contributed by atoms with van der Waals surface area (Å²) in [5, 5.41) is 12.0. The van der Waals surface area contributed by atoms with Crippen molar-refractivity contribution in [2.75, 3.05) is 19.0 Å². The van der Waals surface area contributed by atoms with Gasteiger partial charge in [-0.1, -0.05) is 19.1 Å². The third-order valence-corrected chi connectivity index (χ3v) is 3.76. The Hall–Kier alpha value is -2.24. The van der Waals surface area contributed by atoms with Gasteiger partial charge < -0.3 is 20.1 Å². The number of nitrogens with zero attached hydrogens (tertiary/aromatic N) is 1. The molecule has 2 atom stereocenters. The van der Waals surface area contributed by atoms with Crippen molar-refractivity contribution in [3.8, 4) is 5.75 Å². The number of anilines is 1. The molecule has 0 saturated carbocycles. The van der Waals surface area contributed by atoms with E-state index in [1.54, 1.807) is 24.3 Å². The van der Waals surface area contributed by atoms with Crippen LogP contribution in [0.25, 0.3) is 0 Å². The van der Waals surface area contributed by atoms with E-state index in [9.17, 15) is 14.7 Å². The van der Waals surface area contributed by atoms with Gasteiger partial charge in [-0.05, 0) is 30.9 Å². The van der Waals surface area contributed by atoms with Gasteiger partial charge >= 0.3 is 12.0 Å². The number of likely N-dealkylation sites (tertiary alicyclic amines) is 1. The first kappa shape index (κ1) is 15.2. The van der Waals surface area contributed by atoms with Gasteiger partial charge in [-0.3, -0.25) is 0 Å². The molecular weight excluding hydrogens is 272 g/mol. The van der Waals surface area contributed by atoms with Gasteiger partial charge in [0.2, 0.25) is 0 Å². The molecule has 21 heavy (non-hydrogen) atoms. The molecule has 2 N–H and O–H groups in total. The van der Waals surface area contributed by atoms with Crippen LogP contribution in [0.3, 0.4) is 0 Å². The number of ether oxygens (including phenoxy) is 1. The standard InChI is InChI=1S/C15H20N2O4/c1-10-7-8-17(12(9-10)14(18)19)15(20)16-11-5-3-4-6-13(11)21-2/h3-6,10,12H,7-9H2,1-2H3,(H,16,20)(H,18,19). The van der Waals surface area contributed by atoms with Gasteiger partial charge in [0.1, 0.15) is 11.8 Å². The zero-order valence-corrected chi connectivity index (χ0v) is 12.2. The van der Waals surface area contributed by atoms with E-state index in [0.29, 0.717) is 30.3 Å². The minimum absolute atomic E-state index is 0.307. The molecule has 1 aliphatic heterocycles. The van der Waals surface area contributed by atoms with Gasteiger partial charge in [-0.25, -0.2) is 9.59 Å². The normalized spacial score (nSPS) is 21.7. The molecule has 0 aliphatic carbocycles. The van der Waals surface area contributed by atoms with Gasteiger partial charge in [0.25, 0.3) is 0 Å². The number of carboxylic acids is 1. The second-order valence-electron chi connectivity index (χ2n) is 5.31. The summed E-state index contributed by atoms with van der Waals surface area (Å²) in [5.41, 5.74) is 0.535. The summed E-state index contributed by atoms with van der Waals surface area (Å²) in [6.07, 6.45) is 1.29. The third-order valence-electron chi connectivity index (χ3n) is 3.76. The van der Waals surface area contributed by atoms with Gasteiger partial charge in [0.05, 0.1) is 12.8 Å². The number of para-hydroxylation sites is 2. The number of carboxylic acid groups (broad SMARTS) is 1. The van der Waals surface area contributed by atoms with Crippen LogP contribution in [0.5, 0.6) is 5.75 Å². The number of carbonyl (C=O) groups excluding carboxylic acids is 1. The van der Waals surface area contributed by atoms with Crippen molar-refractivity contribution in [3.63, 3.8) is 0 Å². The lowest BCUT2D eigenvalue weighted by molar-refractivity contribution is -0.143. The number of amides is 2. The Morgan fingerprint density at radius 3 is 2.76 bits per heavy atom. The Bertz CT molecular complexity index is 532. The molecule has 1 aromatic rings. The number of piperidine rings is 1. The molecule has 2 rings (SSSR count). The van der Waals surface area contributed by atoms with Crippen molar-refractivity contribution in [2.45, 2.75) is 25.8 Å². The van der Waals surface area contributed by atoms with E-state index >= 15 is 0 Å². The highest BCUT2D eigenvalue weighted by Crippen LogP contribution is 2.26. The van der Waals surface area contributed by atoms with Crippen molar-refractivity contribution in [3.05, 3.63) is 24.3 Å². The molecule has 0 aromatic heterocycles. The number of aliphatic carboxylic acids is 1. The number of nitrogens with one attached hydrogen (secondary N) is 1. The smallest absolute Gasteiger partial charge is 0.326 e. The maximum Gasteiger partial charge on any atom is 0.326 e. The predicted molar refractivity (Wildman–Crippen MR) is 78.5 cm³/mol. The fourth-order valence-corrected chi connectivity index (χ4v) is 2.55. The van der Waals surface area contributed by atoms with E-state index in [1.807, 2.05) is 6.92 Å². The van der Waals surface area contributed by atoms with Gasteiger partial charge in [-0.15, -0.1) is 0 Å². The summed E-state index contributed by atoms with van der Waals surface area (Å²) < 4.78 is 5.18. The molecule has 1 saturated heterocycles. The summed E-state index contributed by atoms with van der Waals surface area (Å²) in [6.45, 7) is 2.45. The predicted octanol–water partition coefficient (Wildman–Crippen LogP) is 2.41. The Balaban J connectivity index is 2.13. The van der Waals surface area contributed by atoms with Gasteiger partial charge in [-0.2, -0.15) is 0 Å². The fourth-order valence-electron chi connectivity index (χ4n) is 2.55. The van der Waals surface area contributed by atoms with Gasteiger partial charge in [0, 0.05) is 6.54 Å². The highest BCUT2D eigenvalue weighted by atomic mass is 16.5. The molecule has 0 radical (unpaired) electrons. The second-order valence-corrected chi connectivity index (χ2v) is 5.31. The number of carbonyl (C=O) groups is 2. The molecule has 0 bridgehead atoms. The summed E-state index contributed by atoms with van der Waals surface area (Å²) in [4.78, 5) is 25.1. The number of hydrogen-bond acceptors (Lipinski definition) is 3. The molecule has 1 heterocycles. The second kappa shape index (κ2) is 6.47. The van der Waals surface area contributed by atoms with Crippen LogP contribution in [0, 0.1) is 5.92 Å². The van der Waals surface area contributed by atoms with Crippen molar-refractivity contribution >= 4 is 17.7 Å². The summed E-state index contributed by atoms with van der Waals surface area (Å²) in [7, 11) is 1.52. The summed E-state index contributed by atoms with van der Waals surface area (Å²) >= 11 is 0. The van der Waals surface area contributed by atoms with E-state index in [1.165, 1.54) is 12.0 Å². The maximum atomic E-state index is 12.4. The monoisotopic (exact) mass is 292 g/mol. The van der Waals surface area contributed by atoms with Gasteiger partial charge in [0.15, 0.2) is 0 Å². The SMILES string of the molecule is COc1ccccc1NC(=O)N1CCC(C)CC1C(=O)O. The lowest BCUT2D eigenvalue weighted by atomic mass is 9.93. The largest absolute Gasteiger partial charge is 0.495 e. The highest BCUT2D eigenvalue weighted by molar-refractivity contribution is 5.93. The summed E-state index contributed by atoms with van der Waals surface area (Å²) in [5.74, 6) is -0.110. The van der Waals surface area contributed by atoms with Crippen LogP contribution >= 0.6 is 0 Å². The van der Waals surface area contributed by atoms with E-state index in [0.717, 1.165) is 6.42 Å². The Kier molecular flexibility index (Phi) is 4.67. The van der Waals surface area contributed by atoms with Crippen LogP contribution in [0.2, 0.25) is 0 Å². The zero-order valence-electron chi connectivity index (χ0n) is 12.2. The first-order chi connectivity index (χ1) is 10.0. The molecule has 0 spiro atoms. The van der Waals surface area contributed by atoms with Crippen LogP contribution in [-0.2, 0) is 4.79 Å². The fraction of sp³-hybridized carbons (Fsp3) is 0.467. The van der Waals surface area contributed by atoms with E-state index in [4.69, 9.17) is 4.74 Å². The average molecular weight is 292 g/mol. The van der Waals surface area contributed by atoms with Crippen LogP contribution < -0.4 is 10.1 Å². The number of urea groups is 1. The number of hydrogen-bond donors (Lipinski definition) is 2. The maximum absolute atomic E-state index is 12.4. The van der Waals surface area contributed by atoms with Crippen molar-refractivity contribution < 1.29 is 19.4 Å². The lowest BCUT2D eigenvalue weighted by Crippen LogP contribution is -2.51. The number of benzene rings is 1. The van der Waals surface area contributed by atoms with Crippen molar-refractivity contribution in [1.82, 2.24) is 4.90 Å². The van der Waals surface area contributed by atoms with Crippen molar-refractivity contribution in [2.24, 2.45) is 5.92 Å². The Morgan fingerprint density at radius 1 is 1.38 bits per heavy atom. The van der Waals surface area contributed by atoms with E-state index in [-0.39, 0.29) is 0 Å². The van der Waals surface area contributed by atoms with Crippen molar-refractivity contribution in [1.29, 1.82) is 0 Å². The van der Waals surface area contributed by atoms with Crippen LogP contribution in [0.15, 0.2) is 24.3 Å². The average Bonchev–Trinajstić information content (AvgIpc) is 2.47. The first-order valence-corrected chi connectivity index (χ1v) is 6.96. The van der Waals surface area contributed by atoms with Crippen LogP contribution in [0.1, 0.15) is 19.8 Å². The third kappa shape index (κ3) is 3.45. The summed E-state index contributed by atoms with van der Waals surface area (Å²) in [6, 6.07) is 5.87. The molecule has 6 nitrogen and oxygen atoms in total. The molecule has 2 amide bonds. The molecule has 1 aromatic carbocycles. The van der Waals surface area contributed by atoms with E-state index < -0.39 is 18.0 Å². The molecule has 1 fully saturated rings. The highest BCUT2D eigenvalue weighted by Gasteiger charge is 2.34. The Morgan fingerprint density at radius 2 is 2.10 bits per heavy atom. The molecule has 2 unspecified atom stereocenters. The lowest BCUT2D eigenvalue weighted by Gasteiger charge is -2.35. The minimum atomic E-state index is -0.961. The number of methoxy groups -OCH3 is 1. The molecule has 1 aliphatic rings. The molecular formula is C15H20N2O4. The van der Waals surface area contributed by atoms with Crippen LogP contribution in [-0.4, -0.2) is 41.7 Å². The topological polar surface area (TPSA) is 78.9 Å². The molecule has 6 heteroatoms. The minimum Gasteiger partial charge on any atom is -0.495 e. The molecule has 114 valence electrons. The Labute approximate surface area is 123 Å². The quantitative estimate of drug-likeness (QED) is 0.896. The first-order valence-electron chi connectivity index (χ1n) is 6.96. The zero-order chi connectivity index (χ0) is 15.4. The van der Waals surface area contributed by atoms with E-state index in [2.05, 4.69) is 5.32 Å². The number of rotatable bonds is 3.